The number of aliphatic carboxylic acids is 1. The van der Waals surface area contributed by atoms with Crippen molar-refractivity contribution >= 4 is 16.0 Å². The molecule has 0 saturated heterocycles. The van der Waals surface area contributed by atoms with Crippen molar-refractivity contribution in [2.75, 3.05) is 13.7 Å². The third-order valence-corrected chi connectivity index (χ3v) is 4.12. The predicted octanol–water partition coefficient (Wildman–Crippen LogP) is -0.0830. The average Bonchev–Trinajstić information content (AvgIpc) is 2.76. The number of carboxylic acid groups (broad SMARTS) is 1. The first kappa shape index (κ1) is 16.6. The van der Waals surface area contributed by atoms with Crippen LogP contribution < -0.4 is 4.72 Å². The first-order valence-corrected chi connectivity index (χ1v) is 7.50. The molecular formula is C11H19N3O5S. The molecule has 1 aromatic heterocycles. The minimum Gasteiger partial charge on any atom is -0.480 e. The lowest BCUT2D eigenvalue weighted by atomic mass is 10.1. The van der Waals surface area contributed by atoms with Crippen LogP contribution in [0.3, 0.4) is 0 Å². The fourth-order valence-electron chi connectivity index (χ4n) is 1.52. The molecule has 2 N–H and O–H groups in total. The van der Waals surface area contributed by atoms with E-state index in [0.717, 1.165) is 10.9 Å². The lowest BCUT2D eigenvalue weighted by molar-refractivity contribution is -0.137. The zero-order valence-corrected chi connectivity index (χ0v) is 12.4. The molecule has 9 heteroatoms. The molecule has 1 heterocycles. The number of methoxy groups -OCH3 is 1. The summed E-state index contributed by atoms with van der Waals surface area (Å²) in [6.07, 6.45) is 2.30. The van der Waals surface area contributed by atoms with Crippen LogP contribution >= 0.6 is 0 Å². The van der Waals surface area contributed by atoms with Crippen LogP contribution in [0, 0.1) is 5.92 Å². The van der Waals surface area contributed by atoms with Gasteiger partial charge in [0.15, 0.2) is 0 Å². The Bertz CT molecular complexity index is 552. The Balaban J connectivity index is 2.87. The summed E-state index contributed by atoms with van der Waals surface area (Å²) in [7, 11) is -2.25. The Labute approximate surface area is 117 Å². The van der Waals surface area contributed by atoms with Crippen molar-refractivity contribution < 1.29 is 23.1 Å². The highest BCUT2D eigenvalue weighted by molar-refractivity contribution is 7.89. The van der Waals surface area contributed by atoms with Gasteiger partial charge in [0.1, 0.15) is 11.4 Å². The summed E-state index contributed by atoms with van der Waals surface area (Å²) in [6, 6.07) is -0.368. The highest BCUT2D eigenvalue weighted by Gasteiger charge is 2.23. The zero-order valence-electron chi connectivity index (χ0n) is 11.6. The summed E-state index contributed by atoms with van der Waals surface area (Å²) in [5.74, 6) is -1.04. The van der Waals surface area contributed by atoms with Crippen LogP contribution in [0.1, 0.15) is 13.8 Å². The van der Waals surface area contributed by atoms with Crippen LogP contribution in [-0.2, 0) is 26.1 Å². The Morgan fingerprint density at radius 1 is 1.55 bits per heavy atom. The third kappa shape index (κ3) is 4.58. The van der Waals surface area contributed by atoms with Crippen molar-refractivity contribution in [1.82, 2.24) is 14.5 Å². The molecule has 0 aliphatic carbocycles. The van der Waals surface area contributed by atoms with Crippen molar-refractivity contribution in [3.05, 3.63) is 12.4 Å². The number of carboxylic acids is 1. The molecule has 114 valence electrons. The Hall–Kier alpha value is -1.45. The Morgan fingerprint density at radius 3 is 2.70 bits per heavy atom. The number of rotatable bonds is 8. The summed E-state index contributed by atoms with van der Waals surface area (Å²) in [5.41, 5.74) is 0. The van der Waals surface area contributed by atoms with Crippen LogP contribution in [-0.4, -0.2) is 49.0 Å². The minimum atomic E-state index is -3.75. The van der Waals surface area contributed by atoms with Gasteiger partial charge in [0, 0.05) is 19.3 Å². The molecule has 0 fully saturated rings. The lowest BCUT2D eigenvalue weighted by Crippen LogP contribution is -2.41. The van der Waals surface area contributed by atoms with E-state index < -0.39 is 16.0 Å². The van der Waals surface area contributed by atoms with Crippen LogP contribution in [0.5, 0.6) is 0 Å². The molecule has 0 saturated carbocycles. The Kier molecular flexibility index (Phi) is 5.66. The smallest absolute Gasteiger partial charge is 0.325 e. The first-order chi connectivity index (χ1) is 9.26. The monoisotopic (exact) mass is 305 g/mol. The largest absolute Gasteiger partial charge is 0.480 e. The van der Waals surface area contributed by atoms with Gasteiger partial charge in [-0.1, -0.05) is 13.8 Å². The van der Waals surface area contributed by atoms with Gasteiger partial charge in [-0.25, -0.2) is 13.1 Å². The molecule has 1 rings (SSSR count). The van der Waals surface area contributed by atoms with Crippen molar-refractivity contribution in [3.63, 3.8) is 0 Å². The van der Waals surface area contributed by atoms with Crippen molar-refractivity contribution in [3.8, 4) is 0 Å². The highest BCUT2D eigenvalue weighted by atomic mass is 32.2. The van der Waals surface area contributed by atoms with Gasteiger partial charge in [0.05, 0.1) is 12.8 Å². The van der Waals surface area contributed by atoms with Crippen LogP contribution in [0.4, 0.5) is 0 Å². The van der Waals surface area contributed by atoms with Crippen molar-refractivity contribution in [2.24, 2.45) is 5.92 Å². The van der Waals surface area contributed by atoms with E-state index in [-0.39, 0.29) is 30.0 Å². The van der Waals surface area contributed by atoms with E-state index in [1.54, 1.807) is 0 Å². The van der Waals surface area contributed by atoms with Gasteiger partial charge in [-0.15, -0.1) is 0 Å². The van der Waals surface area contributed by atoms with Gasteiger partial charge in [0.25, 0.3) is 0 Å². The molecule has 0 radical (unpaired) electrons. The zero-order chi connectivity index (χ0) is 15.3. The van der Waals surface area contributed by atoms with Crippen molar-refractivity contribution in [1.29, 1.82) is 0 Å². The molecular weight excluding hydrogens is 286 g/mol. The second-order valence-electron chi connectivity index (χ2n) is 4.69. The summed E-state index contributed by atoms with van der Waals surface area (Å²) in [6.45, 7) is 3.61. The summed E-state index contributed by atoms with van der Waals surface area (Å²) < 4.78 is 32.9. The summed E-state index contributed by atoms with van der Waals surface area (Å²) in [5, 5.41) is 12.3. The van der Waals surface area contributed by atoms with Gasteiger partial charge in [0.2, 0.25) is 10.0 Å². The number of nitrogens with zero attached hydrogens (tertiary/aromatic N) is 2. The van der Waals surface area contributed by atoms with Gasteiger partial charge in [-0.3, -0.25) is 9.48 Å². The average molecular weight is 305 g/mol. The predicted molar refractivity (Wildman–Crippen MR) is 70.7 cm³/mol. The molecule has 0 aromatic carbocycles. The van der Waals surface area contributed by atoms with E-state index in [1.807, 2.05) is 13.8 Å². The van der Waals surface area contributed by atoms with E-state index in [2.05, 4.69) is 9.82 Å². The molecule has 1 aromatic rings. The van der Waals surface area contributed by atoms with Crippen LogP contribution in [0.2, 0.25) is 0 Å². The van der Waals surface area contributed by atoms with E-state index >= 15 is 0 Å². The fourth-order valence-corrected chi connectivity index (χ4v) is 2.84. The minimum absolute atomic E-state index is 0.0544. The number of ether oxygens (including phenoxy) is 1. The maximum absolute atomic E-state index is 12.2. The molecule has 0 bridgehead atoms. The maximum Gasteiger partial charge on any atom is 0.325 e. The SMILES string of the molecule is COCC(NS(=O)(=O)c1cnn(CC(=O)O)c1)C(C)C. The van der Waals surface area contributed by atoms with Crippen LogP contribution in [0.15, 0.2) is 17.3 Å². The highest BCUT2D eigenvalue weighted by Crippen LogP contribution is 2.11. The summed E-state index contributed by atoms with van der Waals surface area (Å²) >= 11 is 0. The molecule has 1 unspecified atom stereocenters. The molecule has 0 aliphatic heterocycles. The maximum atomic E-state index is 12.2. The Morgan fingerprint density at radius 2 is 2.20 bits per heavy atom. The third-order valence-electron chi connectivity index (χ3n) is 2.67. The molecule has 0 amide bonds. The quantitative estimate of drug-likeness (QED) is 0.695. The second kappa shape index (κ2) is 6.82. The van der Waals surface area contributed by atoms with E-state index in [1.165, 1.54) is 13.3 Å². The van der Waals surface area contributed by atoms with Crippen LogP contribution in [0.25, 0.3) is 0 Å². The lowest BCUT2D eigenvalue weighted by Gasteiger charge is -2.20. The van der Waals surface area contributed by atoms with E-state index in [4.69, 9.17) is 9.84 Å². The summed E-state index contributed by atoms with van der Waals surface area (Å²) in [4.78, 5) is 10.5. The number of nitrogens with one attached hydrogen (secondary N) is 1. The van der Waals surface area contributed by atoms with Gasteiger partial charge < -0.3 is 9.84 Å². The molecule has 1 atom stereocenters. The molecule has 20 heavy (non-hydrogen) atoms. The van der Waals surface area contributed by atoms with Gasteiger partial charge >= 0.3 is 5.97 Å². The van der Waals surface area contributed by atoms with Crippen molar-refractivity contribution in [2.45, 2.75) is 31.3 Å². The topological polar surface area (TPSA) is 111 Å². The van der Waals surface area contributed by atoms with Gasteiger partial charge in [-0.2, -0.15) is 5.10 Å². The number of aromatic nitrogens is 2. The standard InChI is InChI=1S/C11H19N3O5S/c1-8(2)10(7-19-3)13-20(17,18)9-4-12-14(5-9)6-11(15)16/h4-5,8,10,13H,6-7H2,1-3H3,(H,15,16). The normalized spacial score (nSPS) is 13.6. The number of hydrogen-bond donors (Lipinski definition) is 2. The number of sulfonamides is 1. The van der Waals surface area contributed by atoms with Gasteiger partial charge in [-0.05, 0) is 5.92 Å². The molecule has 0 spiro atoms. The fraction of sp³-hybridized carbons (Fsp3) is 0.636. The van der Waals surface area contributed by atoms with E-state index in [0.29, 0.717) is 0 Å². The number of carbonyl (C=O) groups is 1. The van der Waals surface area contributed by atoms with E-state index in [9.17, 15) is 13.2 Å². The first-order valence-electron chi connectivity index (χ1n) is 6.01. The molecule has 0 aliphatic rings. The molecule has 8 nitrogen and oxygen atoms in total. The second-order valence-corrected chi connectivity index (χ2v) is 6.41. The number of hydrogen-bond acceptors (Lipinski definition) is 5.